The van der Waals surface area contributed by atoms with Crippen molar-refractivity contribution in [2.75, 3.05) is 11.9 Å². The standard InChI is InChI=1S/C25H25NO4/c1-3-19-13-15-21(16-14-19)29-17-24(27)30-18(2)25(28)26-23-12-8-7-11-22(23)20-9-5-4-6-10-20/h4-16,18H,3,17H2,1-2H3,(H,26,28). The van der Waals surface area contributed by atoms with Gasteiger partial charge in [-0.1, -0.05) is 67.6 Å². The first-order chi connectivity index (χ1) is 14.6. The number of hydrogen-bond acceptors (Lipinski definition) is 4. The maximum absolute atomic E-state index is 12.5. The van der Waals surface area contributed by atoms with Gasteiger partial charge in [-0.05, 0) is 42.7 Å². The monoisotopic (exact) mass is 403 g/mol. The Hall–Kier alpha value is -3.60. The second kappa shape index (κ2) is 10.3. The van der Waals surface area contributed by atoms with Gasteiger partial charge in [0, 0.05) is 11.3 Å². The number of esters is 1. The molecule has 5 heteroatoms. The molecular weight excluding hydrogens is 378 g/mol. The number of hydrogen-bond donors (Lipinski definition) is 1. The number of benzene rings is 3. The summed E-state index contributed by atoms with van der Waals surface area (Å²) < 4.78 is 10.7. The van der Waals surface area contributed by atoms with Crippen molar-refractivity contribution in [1.29, 1.82) is 0 Å². The molecule has 154 valence electrons. The van der Waals surface area contributed by atoms with Gasteiger partial charge in [-0.3, -0.25) is 4.79 Å². The summed E-state index contributed by atoms with van der Waals surface area (Å²) in [7, 11) is 0. The molecule has 0 saturated heterocycles. The largest absolute Gasteiger partial charge is 0.482 e. The summed E-state index contributed by atoms with van der Waals surface area (Å²) in [4.78, 5) is 24.6. The summed E-state index contributed by atoms with van der Waals surface area (Å²) in [5, 5.41) is 2.84. The molecule has 1 atom stereocenters. The van der Waals surface area contributed by atoms with Crippen LogP contribution in [0, 0.1) is 0 Å². The van der Waals surface area contributed by atoms with Crippen LogP contribution in [0.15, 0.2) is 78.9 Å². The minimum atomic E-state index is -0.951. The van der Waals surface area contributed by atoms with Crippen LogP contribution in [-0.4, -0.2) is 24.6 Å². The molecule has 0 aliphatic heterocycles. The summed E-state index contributed by atoms with van der Waals surface area (Å²) in [6.07, 6.45) is -0.0186. The fourth-order valence-corrected chi connectivity index (χ4v) is 2.94. The Morgan fingerprint density at radius 2 is 1.57 bits per heavy atom. The van der Waals surface area contributed by atoms with Crippen LogP contribution in [-0.2, 0) is 20.7 Å². The number of aryl methyl sites for hydroxylation is 1. The quantitative estimate of drug-likeness (QED) is 0.545. The van der Waals surface area contributed by atoms with E-state index in [2.05, 4.69) is 12.2 Å². The fourth-order valence-electron chi connectivity index (χ4n) is 2.94. The van der Waals surface area contributed by atoms with E-state index < -0.39 is 18.0 Å². The molecular formula is C25H25NO4. The van der Waals surface area contributed by atoms with Gasteiger partial charge in [-0.15, -0.1) is 0 Å². The topological polar surface area (TPSA) is 64.6 Å². The van der Waals surface area contributed by atoms with Crippen molar-refractivity contribution < 1.29 is 19.1 Å². The van der Waals surface area contributed by atoms with Gasteiger partial charge in [0.15, 0.2) is 12.7 Å². The Morgan fingerprint density at radius 1 is 0.900 bits per heavy atom. The zero-order chi connectivity index (χ0) is 21.3. The van der Waals surface area contributed by atoms with Crippen LogP contribution in [0.1, 0.15) is 19.4 Å². The van der Waals surface area contributed by atoms with Crippen LogP contribution in [0.4, 0.5) is 5.69 Å². The highest BCUT2D eigenvalue weighted by atomic mass is 16.6. The molecule has 3 rings (SSSR count). The lowest BCUT2D eigenvalue weighted by Crippen LogP contribution is -2.31. The molecule has 3 aromatic rings. The minimum Gasteiger partial charge on any atom is -0.482 e. The van der Waals surface area contributed by atoms with Gasteiger partial charge in [0.05, 0.1) is 0 Å². The Balaban J connectivity index is 1.55. The van der Waals surface area contributed by atoms with Crippen LogP contribution >= 0.6 is 0 Å². The third-order valence-electron chi connectivity index (χ3n) is 4.64. The van der Waals surface area contributed by atoms with E-state index in [1.807, 2.05) is 78.9 Å². The first kappa shape index (κ1) is 21.1. The predicted molar refractivity (Wildman–Crippen MR) is 117 cm³/mol. The maximum Gasteiger partial charge on any atom is 0.344 e. The van der Waals surface area contributed by atoms with Crippen molar-refractivity contribution >= 4 is 17.6 Å². The van der Waals surface area contributed by atoms with Crippen molar-refractivity contribution in [2.45, 2.75) is 26.4 Å². The number of amides is 1. The van der Waals surface area contributed by atoms with Gasteiger partial charge in [-0.2, -0.15) is 0 Å². The first-order valence-corrected chi connectivity index (χ1v) is 9.93. The molecule has 0 aliphatic carbocycles. The van der Waals surface area contributed by atoms with E-state index >= 15 is 0 Å². The highest BCUT2D eigenvalue weighted by Crippen LogP contribution is 2.27. The Bertz CT molecular complexity index is 984. The Labute approximate surface area is 176 Å². The molecule has 3 aromatic carbocycles. The lowest BCUT2D eigenvalue weighted by Gasteiger charge is -2.16. The number of para-hydroxylation sites is 1. The third-order valence-corrected chi connectivity index (χ3v) is 4.64. The number of anilines is 1. The zero-order valence-electron chi connectivity index (χ0n) is 17.1. The SMILES string of the molecule is CCc1ccc(OCC(=O)OC(C)C(=O)Nc2ccccc2-c2ccccc2)cc1. The zero-order valence-corrected chi connectivity index (χ0v) is 17.1. The average molecular weight is 403 g/mol. The van der Waals surface area contributed by atoms with Crippen molar-refractivity contribution in [3.8, 4) is 16.9 Å². The van der Waals surface area contributed by atoms with E-state index in [-0.39, 0.29) is 6.61 Å². The normalized spacial score (nSPS) is 11.4. The summed E-state index contributed by atoms with van der Waals surface area (Å²) in [6.45, 7) is 3.34. The van der Waals surface area contributed by atoms with Gasteiger partial charge in [-0.25, -0.2) is 4.79 Å². The van der Waals surface area contributed by atoms with E-state index in [0.717, 1.165) is 17.5 Å². The summed E-state index contributed by atoms with van der Waals surface area (Å²) in [5.41, 5.74) is 3.72. The van der Waals surface area contributed by atoms with Gasteiger partial charge >= 0.3 is 5.97 Å². The molecule has 0 spiro atoms. The van der Waals surface area contributed by atoms with Crippen LogP contribution in [0.2, 0.25) is 0 Å². The maximum atomic E-state index is 12.5. The molecule has 1 amide bonds. The van der Waals surface area contributed by atoms with E-state index in [0.29, 0.717) is 11.4 Å². The molecule has 30 heavy (non-hydrogen) atoms. The van der Waals surface area contributed by atoms with Gasteiger partial charge < -0.3 is 14.8 Å². The summed E-state index contributed by atoms with van der Waals surface area (Å²) in [6, 6.07) is 24.8. The molecule has 0 bridgehead atoms. The molecule has 0 aromatic heterocycles. The molecule has 0 heterocycles. The van der Waals surface area contributed by atoms with Crippen molar-refractivity contribution in [2.24, 2.45) is 0 Å². The lowest BCUT2D eigenvalue weighted by molar-refractivity contribution is -0.155. The minimum absolute atomic E-state index is 0.260. The fraction of sp³-hybridized carbons (Fsp3) is 0.200. The molecule has 0 fully saturated rings. The molecule has 0 aliphatic rings. The van der Waals surface area contributed by atoms with Gasteiger partial charge in [0.25, 0.3) is 5.91 Å². The van der Waals surface area contributed by atoms with E-state index in [4.69, 9.17) is 9.47 Å². The average Bonchev–Trinajstić information content (AvgIpc) is 2.79. The van der Waals surface area contributed by atoms with Gasteiger partial charge in [0.2, 0.25) is 0 Å². The first-order valence-electron chi connectivity index (χ1n) is 9.93. The van der Waals surface area contributed by atoms with E-state index in [9.17, 15) is 9.59 Å². The Morgan fingerprint density at radius 3 is 2.27 bits per heavy atom. The summed E-state index contributed by atoms with van der Waals surface area (Å²) >= 11 is 0. The highest BCUT2D eigenvalue weighted by Gasteiger charge is 2.19. The van der Waals surface area contributed by atoms with Crippen LogP contribution in [0.3, 0.4) is 0 Å². The van der Waals surface area contributed by atoms with E-state index in [1.54, 1.807) is 0 Å². The van der Waals surface area contributed by atoms with Crippen LogP contribution in [0.5, 0.6) is 5.75 Å². The number of carbonyl (C=O) groups is 2. The van der Waals surface area contributed by atoms with Crippen molar-refractivity contribution in [1.82, 2.24) is 0 Å². The van der Waals surface area contributed by atoms with Crippen LogP contribution < -0.4 is 10.1 Å². The predicted octanol–water partition coefficient (Wildman–Crippen LogP) is 4.87. The summed E-state index contributed by atoms with van der Waals surface area (Å²) in [5.74, 6) is -0.425. The number of nitrogens with one attached hydrogen (secondary N) is 1. The van der Waals surface area contributed by atoms with E-state index in [1.165, 1.54) is 12.5 Å². The lowest BCUT2D eigenvalue weighted by atomic mass is 10.0. The van der Waals surface area contributed by atoms with Gasteiger partial charge in [0.1, 0.15) is 5.75 Å². The number of ether oxygens (including phenoxy) is 2. The molecule has 1 unspecified atom stereocenters. The van der Waals surface area contributed by atoms with Crippen molar-refractivity contribution in [3.05, 3.63) is 84.4 Å². The third kappa shape index (κ3) is 5.70. The van der Waals surface area contributed by atoms with Crippen LogP contribution in [0.25, 0.3) is 11.1 Å². The smallest absolute Gasteiger partial charge is 0.344 e. The number of carbonyl (C=O) groups excluding carboxylic acids is 2. The molecule has 0 radical (unpaired) electrons. The second-order valence-corrected chi connectivity index (χ2v) is 6.82. The molecule has 5 nitrogen and oxygen atoms in total. The van der Waals surface area contributed by atoms with Crippen molar-refractivity contribution in [3.63, 3.8) is 0 Å². The number of rotatable bonds is 8. The molecule has 0 saturated carbocycles. The Kier molecular flexibility index (Phi) is 7.22. The highest BCUT2D eigenvalue weighted by molar-refractivity contribution is 5.98. The molecule has 1 N–H and O–H groups in total. The second-order valence-electron chi connectivity index (χ2n) is 6.82.